The molecule has 0 saturated carbocycles. The number of carbonyl (C=O) groups excluding carboxylic acids is 1. The zero-order chi connectivity index (χ0) is 15.9. The normalized spacial score (nSPS) is 11.8. The molecule has 2 aromatic rings. The Kier molecular flexibility index (Phi) is 5.55. The van der Waals surface area contributed by atoms with Crippen LogP contribution in [0.25, 0.3) is 0 Å². The number of carbonyl (C=O) groups is 1. The summed E-state index contributed by atoms with van der Waals surface area (Å²) in [6, 6.07) is 15.2. The summed E-state index contributed by atoms with van der Waals surface area (Å²) < 4.78 is 10.4. The third-order valence-corrected chi connectivity index (χ3v) is 3.49. The second kappa shape index (κ2) is 7.61. The lowest BCUT2D eigenvalue weighted by atomic mass is 10.1. The summed E-state index contributed by atoms with van der Waals surface area (Å²) in [5, 5.41) is 3.00. The molecule has 22 heavy (non-hydrogen) atoms. The number of hydrogen-bond acceptors (Lipinski definition) is 3. The van der Waals surface area contributed by atoms with Gasteiger partial charge in [-0.2, -0.15) is 0 Å². The lowest BCUT2D eigenvalue weighted by Crippen LogP contribution is -2.26. The fraction of sp³-hybridized carbons (Fsp3) is 0.278. The number of rotatable bonds is 6. The zero-order valence-corrected chi connectivity index (χ0v) is 13.1. The van der Waals surface area contributed by atoms with Crippen LogP contribution in [0.3, 0.4) is 0 Å². The van der Waals surface area contributed by atoms with Crippen LogP contribution in [-0.4, -0.2) is 20.1 Å². The van der Waals surface area contributed by atoms with Crippen molar-refractivity contribution in [2.45, 2.75) is 19.6 Å². The number of methoxy groups -OCH3 is 2. The van der Waals surface area contributed by atoms with Crippen molar-refractivity contribution < 1.29 is 14.3 Å². The van der Waals surface area contributed by atoms with Gasteiger partial charge >= 0.3 is 0 Å². The number of benzene rings is 2. The van der Waals surface area contributed by atoms with E-state index in [0.29, 0.717) is 12.2 Å². The van der Waals surface area contributed by atoms with Crippen LogP contribution in [0.4, 0.5) is 0 Å². The quantitative estimate of drug-likeness (QED) is 0.890. The third kappa shape index (κ3) is 3.86. The van der Waals surface area contributed by atoms with Crippen molar-refractivity contribution in [2.75, 3.05) is 14.2 Å². The molecule has 4 nitrogen and oxygen atoms in total. The van der Waals surface area contributed by atoms with E-state index >= 15 is 0 Å². The lowest BCUT2D eigenvalue weighted by Gasteiger charge is -2.15. The number of hydrogen-bond donors (Lipinski definition) is 1. The Labute approximate surface area is 131 Å². The zero-order valence-electron chi connectivity index (χ0n) is 13.1. The first-order chi connectivity index (χ1) is 10.7. The van der Waals surface area contributed by atoms with Crippen LogP contribution >= 0.6 is 0 Å². The van der Waals surface area contributed by atoms with Gasteiger partial charge in [-0.15, -0.1) is 0 Å². The molecule has 1 atom stereocenters. The highest BCUT2D eigenvalue weighted by Gasteiger charge is 2.13. The topological polar surface area (TPSA) is 47.6 Å². The van der Waals surface area contributed by atoms with E-state index in [-0.39, 0.29) is 11.9 Å². The van der Waals surface area contributed by atoms with Gasteiger partial charge < -0.3 is 14.8 Å². The fourth-order valence-corrected chi connectivity index (χ4v) is 2.29. The minimum Gasteiger partial charge on any atom is -0.496 e. The molecule has 116 valence electrons. The van der Waals surface area contributed by atoms with Gasteiger partial charge in [0.15, 0.2) is 0 Å². The summed E-state index contributed by atoms with van der Waals surface area (Å²) in [6.07, 6.45) is 0. The summed E-state index contributed by atoms with van der Waals surface area (Å²) in [7, 11) is 3.22. The molecule has 0 spiro atoms. The first-order valence-electron chi connectivity index (χ1n) is 7.17. The van der Waals surface area contributed by atoms with E-state index in [1.807, 2.05) is 37.3 Å². The van der Waals surface area contributed by atoms with Crippen LogP contribution in [0, 0.1) is 0 Å². The molecular weight excluding hydrogens is 278 g/mol. The molecule has 0 heterocycles. The molecule has 0 radical (unpaired) electrons. The van der Waals surface area contributed by atoms with Crippen molar-refractivity contribution in [1.82, 2.24) is 5.32 Å². The van der Waals surface area contributed by atoms with Crippen LogP contribution in [0.15, 0.2) is 48.5 Å². The van der Waals surface area contributed by atoms with Crippen molar-refractivity contribution >= 4 is 5.91 Å². The Balaban J connectivity index is 2.14. The van der Waals surface area contributed by atoms with Crippen molar-refractivity contribution in [2.24, 2.45) is 0 Å². The molecule has 0 aliphatic heterocycles. The average Bonchev–Trinajstić information content (AvgIpc) is 2.55. The Morgan fingerprint density at radius 2 is 1.86 bits per heavy atom. The molecule has 2 rings (SSSR count). The summed E-state index contributed by atoms with van der Waals surface area (Å²) in [6.45, 7) is 2.37. The van der Waals surface area contributed by atoms with E-state index in [1.165, 1.54) is 0 Å². The molecule has 0 aromatic heterocycles. The van der Waals surface area contributed by atoms with E-state index < -0.39 is 0 Å². The second-order valence-electron chi connectivity index (χ2n) is 5.07. The van der Waals surface area contributed by atoms with Gasteiger partial charge in [0.05, 0.1) is 19.8 Å². The number of amides is 1. The first kappa shape index (κ1) is 16.0. The molecule has 2 aromatic carbocycles. The predicted octanol–water partition coefficient (Wildman–Crippen LogP) is 3.33. The Hall–Kier alpha value is -2.33. The van der Waals surface area contributed by atoms with Gasteiger partial charge in [-0.1, -0.05) is 30.3 Å². The highest BCUT2D eigenvalue weighted by atomic mass is 16.5. The maximum absolute atomic E-state index is 12.4. The van der Waals surface area contributed by atoms with Crippen molar-refractivity contribution in [3.8, 4) is 5.75 Å². The first-order valence-corrected chi connectivity index (χ1v) is 7.17. The maximum atomic E-state index is 12.4. The molecule has 0 aliphatic rings. The summed E-state index contributed by atoms with van der Waals surface area (Å²) in [5.74, 6) is 0.603. The predicted molar refractivity (Wildman–Crippen MR) is 86.0 cm³/mol. The van der Waals surface area contributed by atoms with Crippen LogP contribution in [0.2, 0.25) is 0 Å². The average molecular weight is 299 g/mol. The Bertz CT molecular complexity index is 625. The van der Waals surface area contributed by atoms with Crippen LogP contribution in [-0.2, 0) is 11.3 Å². The summed E-state index contributed by atoms with van der Waals surface area (Å²) >= 11 is 0. The van der Waals surface area contributed by atoms with Gasteiger partial charge in [0.2, 0.25) is 0 Å². The molecule has 1 amide bonds. The Morgan fingerprint density at radius 3 is 2.50 bits per heavy atom. The fourth-order valence-electron chi connectivity index (χ4n) is 2.29. The minimum atomic E-state index is -0.114. The molecule has 1 N–H and O–H groups in total. The lowest BCUT2D eigenvalue weighted by molar-refractivity contribution is 0.0939. The highest BCUT2D eigenvalue weighted by Crippen LogP contribution is 2.21. The third-order valence-electron chi connectivity index (χ3n) is 3.49. The molecular formula is C18H21NO3. The Morgan fingerprint density at radius 1 is 1.14 bits per heavy atom. The number of ether oxygens (including phenoxy) is 2. The number of nitrogens with one attached hydrogen (secondary N) is 1. The monoisotopic (exact) mass is 299 g/mol. The maximum Gasteiger partial charge on any atom is 0.251 e. The van der Waals surface area contributed by atoms with Gasteiger partial charge in [0, 0.05) is 18.2 Å². The standard InChI is InChI=1S/C18H21NO3/c1-13(14-7-5-4-6-8-14)19-18(20)15-9-10-17(22-3)16(11-15)12-21-2/h4-11,13H,12H2,1-3H3,(H,19,20)/t13-/m1/s1. The SMILES string of the molecule is COCc1cc(C(=O)N[C@H](C)c2ccccc2)ccc1OC. The molecule has 0 saturated heterocycles. The van der Waals surface area contributed by atoms with Crippen LogP contribution < -0.4 is 10.1 Å². The molecule has 4 heteroatoms. The van der Waals surface area contributed by atoms with Crippen molar-refractivity contribution in [3.05, 3.63) is 65.2 Å². The van der Waals surface area contributed by atoms with E-state index in [0.717, 1.165) is 16.9 Å². The van der Waals surface area contributed by atoms with E-state index in [2.05, 4.69) is 5.32 Å². The van der Waals surface area contributed by atoms with E-state index in [1.54, 1.807) is 32.4 Å². The van der Waals surface area contributed by atoms with Gasteiger partial charge in [-0.25, -0.2) is 0 Å². The van der Waals surface area contributed by atoms with Crippen molar-refractivity contribution in [3.63, 3.8) is 0 Å². The van der Waals surface area contributed by atoms with Crippen LogP contribution in [0.1, 0.15) is 34.5 Å². The van der Waals surface area contributed by atoms with E-state index in [9.17, 15) is 4.79 Å². The van der Waals surface area contributed by atoms with Gasteiger partial charge in [0.25, 0.3) is 5.91 Å². The largest absolute Gasteiger partial charge is 0.496 e. The van der Waals surface area contributed by atoms with Gasteiger partial charge in [-0.05, 0) is 30.7 Å². The van der Waals surface area contributed by atoms with E-state index in [4.69, 9.17) is 9.47 Å². The second-order valence-corrected chi connectivity index (χ2v) is 5.07. The molecule has 0 unspecified atom stereocenters. The highest BCUT2D eigenvalue weighted by molar-refractivity contribution is 5.94. The van der Waals surface area contributed by atoms with Gasteiger partial charge in [-0.3, -0.25) is 4.79 Å². The summed E-state index contributed by atoms with van der Waals surface area (Å²) in [5.41, 5.74) is 2.52. The molecule has 0 fully saturated rings. The van der Waals surface area contributed by atoms with Gasteiger partial charge in [0.1, 0.15) is 5.75 Å². The minimum absolute atomic E-state index is 0.0540. The summed E-state index contributed by atoms with van der Waals surface area (Å²) in [4.78, 5) is 12.4. The smallest absolute Gasteiger partial charge is 0.251 e. The van der Waals surface area contributed by atoms with Crippen LogP contribution in [0.5, 0.6) is 5.75 Å². The van der Waals surface area contributed by atoms with Crippen molar-refractivity contribution in [1.29, 1.82) is 0 Å². The molecule has 0 aliphatic carbocycles. The molecule has 0 bridgehead atoms.